The van der Waals surface area contributed by atoms with Crippen LogP contribution in [0.4, 0.5) is 11.5 Å². The quantitative estimate of drug-likeness (QED) is 0.505. The van der Waals surface area contributed by atoms with Gasteiger partial charge < -0.3 is 20.5 Å². The maximum Gasteiger partial charge on any atom is 0.377 e. The molecule has 1 heterocycles. The van der Waals surface area contributed by atoms with Gasteiger partial charge in [0, 0.05) is 18.6 Å². The number of rotatable bonds is 4. The van der Waals surface area contributed by atoms with Crippen LogP contribution in [0.15, 0.2) is 28.9 Å². The second-order valence-electron chi connectivity index (χ2n) is 4.10. The maximum atomic E-state index is 10.6. The number of aliphatic hydroxyl groups is 1. The van der Waals surface area contributed by atoms with E-state index in [0.29, 0.717) is 10.2 Å². The van der Waals surface area contributed by atoms with Gasteiger partial charge in [0.1, 0.15) is 4.47 Å². The Hall–Kier alpha value is -1.47. The van der Waals surface area contributed by atoms with Crippen molar-refractivity contribution in [1.29, 1.82) is 0 Å². The minimum Gasteiger partial charge on any atom is -0.396 e. The van der Waals surface area contributed by atoms with E-state index in [1.165, 1.54) is 6.20 Å². The third kappa shape index (κ3) is 2.85. The molecule has 0 amide bonds. The van der Waals surface area contributed by atoms with E-state index in [9.17, 15) is 10.1 Å². The lowest BCUT2D eigenvalue weighted by atomic mass is 10.1. The number of halogens is 1. The molecular formula is C11H12BrN3O3. The highest BCUT2D eigenvalue weighted by Gasteiger charge is 2.20. The zero-order chi connectivity index (χ0) is 13.1. The average molecular weight is 314 g/mol. The van der Waals surface area contributed by atoms with Crippen molar-refractivity contribution in [3.05, 3.63) is 39.0 Å². The molecule has 7 heteroatoms. The van der Waals surface area contributed by atoms with E-state index < -0.39 is 4.92 Å². The number of hydrogen-bond donors (Lipinski definition) is 2. The smallest absolute Gasteiger partial charge is 0.377 e. The van der Waals surface area contributed by atoms with Crippen LogP contribution in [0, 0.1) is 16.0 Å². The first-order valence-corrected chi connectivity index (χ1v) is 6.25. The molecule has 0 spiro atoms. The average Bonchev–Trinajstić information content (AvgIpc) is 2.76. The first kappa shape index (κ1) is 13.0. The van der Waals surface area contributed by atoms with Gasteiger partial charge >= 0.3 is 5.82 Å². The van der Waals surface area contributed by atoms with Crippen molar-refractivity contribution in [3.63, 3.8) is 0 Å². The molecule has 0 saturated heterocycles. The zero-order valence-electron chi connectivity index (χ0n) is 9.41. The third-order valence-corrected chi connectivity index (χ3v) is 3.34. The molecule has 1 aromatic heterocycles. The Morgan fingerprint density at radius 2 is 2.39 bits per heavy atom. The molecule has 18 heavy (non-hydrogen) atoms. The largest absolute Gasteiger partial charge is 0.396 e. The van der Waals surface area contributed by atoms with Crippen LogP contribution in [-0.2, 0) is 0 Å². The summed E-state index contributed by atoms with van der Waals surface area (Å²) in [5.41, 5.74) is 0.709. The SMILES string of the molecule is O=[N+]([O-])c1ncc(N[C@@H]2C=C[C@H](CO)C2)cc1Br. The molecule has 6 nitrogen and oxygen atoms in total. The van der Waals surface area contributed by atoms with Gasteiger partial charge in [-0.3, -0.25) is 0 Å². The molecule has 2 rings (SSSR count). The van der Waals surface area contributed by atoms with Crippen LogP contribution in [0.3, 0.4) is 0 Å². The Balaban J connectivity index is 2.05. The fourth-order valence-electron chi connectivity index (χ4n) is 1.88. The number of pyridine rings is 1. The summed E-state index contributed by atoms with van der Waals surface area (Å²) in [6, 6.07) is 1.75. The molecule has 0 bridgehead atoms. The number of aromatic nitrogens is 1. The van der Waals surface area contributed by atoms with Gasteiger partial charge in [-0.2, -0.15) is 0 Å². The van der Waals surface area contributed by atoms with Crippen LogP contribution in [0.5, 0.6) is 0 Å². The number of nitro groups is 1. The lowest BCUT2D eigenvalue weighted by Crippen LogP contribution is -2.16. The zero-order valence-corrected chi connectivity index (χ0v) is 11.0. The Morgan fingerprint density at radius 1 is 1.61 bits per heavy atom. The second-order valence-corrected chi connectivity index (χ2v) is 4.95. The molecule has 2 N–H and O–H groups in total. The molecule has 1 aliphatic rings. The molecule has 0 saturated carbocycles. The maximum absolute atomic E-state index is 10.6. The van der Waals surface area contributed by atoms with Gasteiger partial charge in [0.15, 0.2) is 6.20 Å². The summed E-state index contributed by atoms with van der Waals surface area (Å²) in [4.78, 5) is 13.9. The molecule has 0 radical (unpaired) electrons. The van der Waals surface area contributed by atoms with E-state index in [-0.39, 0.29) is 24.4 Å². The van der Waals surface area contributed by atoms with E-state index in [0.717, 1.165) is 6.42 Å². The Bertz CT molecular complexity index is 492. The van der Waals surface area contributed by atoms with E-state index in [1.807, 2.05) is 12.2 Å². The van der Waals surface area contributed by atoms with Crippen molar-refractivity contribution in [2.45, 2.75) is 12.5 Å². The van der Waals surface area contributed by atoms with Gasteiger partial charge in [0.25, 0.3) is 0 Å². The molecule has 96 valence electrons. The van der Waals surface area contributed by atoms with E-state index in [1.54, 1.807) is 6.07 Å². The van der Waals surface area contributed by atoms with Crippen LogP contribution in [0.25, 0.3) is 0 Å². The number of aliphatic hydroxyl groups excluding tert-OH is 1. The topological polar surface area (TPSA) is 88.3 Å². The molecule has 2 atom stereocenters. The lowest BCUT2D eigenvalue weighted by Gasteiger charge is -2.13. The minimum atomic E-state index is -0.537. The highest BCUT2D eigenvalue weighted by atomic mass is 79.9. The summed E-state index contributed by atoms with van der Waals surface area (Å²) >= 11 is 3.12. The molecular weight excluding hydrogens is 302 g/mol. The molecule has 0 aliphatic heterocycles. The predicted molar refractivity (Wildman–Crippen MR) is 70.3 cm³/mol. The van der Waals surface area contributed by atoms with Crippen LogP contribution in [0.2, 0.25) is 0 Å². The fraction of sp³-hybridized carbons (Fsp3) is 0.364. The summed E-state index contributed by atoms with van der Waals surface area (Å²) in [7, 11) is 0. The van der Waals surface area contributed by atoms with Crippen LogP contribution < -0.4 is 5.32 Å². The first-order chi connectivity index (χ1) is 8.60. The minimum absolute atomic E-state index is 0.123. The van der Waals surface area contributed by atoms with Crippen LogP contribution in [0.1, 0.15) is 6.42 Å². The van der Waals surface area contributed by atoms with Crippen molar-refractivity contribution in [2.75, 3.05) is 11.9 Å². The monoisotopic (exact) mass is 313 g/mol. The van der Waals surface area contributed by atoms with E-state index >= 15 is 0 Å². The van der Waals surface area contributed by atoms with Gasteiger partial charge in [-0.1, -0.05) is 12.2 Å². The number of nitrogens with zero attached hydrogens (tertiary/aromatic N) is 2. The molecule has 0 unspecified atom stereocenters. The Labute approximate surface area is 112 Å². The van der Waals surface area contributed by atoms with Gasteiger partial charge in [-0.15, -0.1) is 0 Å². The lowest BCUT2D eigenvalue weighted by molar-refractivity contribution is -0.390. The van der Waals surface area contributed by atoms with Crippen molar-refractivity contribution in [2.24, 2.45) is 5.92 Å². The fourth-order valence-corrected chi connectivity index (χ4v) is 2.37. The predicted octanol–water partition coefficient (Wildman–Crippen LogP) is 2.10. The van der Waals surface area contributed by atoms with E-state index in [2.05, 4.69) is 26.2 Å². The van der Waals surface area contributed by atoms with Crippen molar-refractivity contribution < 1.29 is 10.0 Å². The summed E-state index contributed by atoms with van der Waals surface area (Å²) in [6.45, 7) is 0.136. The van der Waals surface area contributed by atoms with Crippen molar-refractivity contribution >= 4 is 27.4 Å². The van der Waals surface area contributed by atoms with Gasteiger partial charge in [0.2, 0.25) is 0 Å². The molecule has 1 aromatic rings. The molecule has 1 aliphatic carbocycles. The third-order valence-electron chi connectivity index (χ3n) is 2.75. The summed E-state index contributed by atoms with van der Waals surface area (Å²) in [6.07, 6.45) is 6.19. The standard InChI is InChI=1S/C11H12BrN3O3/c12-10-4-9(5-13-11(10)15(17)18)14-8-2-1-7(3-8)6-16/h1-2,4-5,7-8,14,16H,3,6H2/t7-,8+/m0/s1. The van der Waals surface area contributed by atoms with Gasteiger partial charge in [0.05, 0.1) is 5.69 Å². The molecule has 0 fully saturated rings. The molecule has 0 aromatic carbocycles. The van der Waals surface area contributed by atoms with Gasteiger partial charge in [-0.05, 0) is 38.3 Å². The Morgan fingerprint density at radius 3 is 2.94 bits per heavy atom. The van der Waals surface area contributed by atoms with Crippen LogP contribution >= 0.6 is 15.9 Å². The Kier molecular flexibility index (Phi) is 3.93. The summed E-state index contributed by atoms with van der Waals surface area (Å²) in [5, 5.41) is 22.8. The van der Waals surface area contributed by atoms with Crippen LogP contribution in [-0.4, -0.2) is 27.7 Å². The summed E-state index contributed by atoms with van der Waals surface area (Å²) in [5.74, 6) is -0.0207. The highest BCUT2D eigenvalue weighted by molar-refractivity contribution is 9.10. The van der Waals surface area contributed by atoms with Crippen molar-refractivity contribution in [3.8, 4) is 0 Å². The van der Waals surface area contributed by atoms with Crippen molar-refractivity contribution in [1.82, 2.24) is 4.98 Å². The number of hydrogen-bond acceptors (Lipinski definition) is 5. The van der Waals surface area contributed by atoms with E-state index in [4.69, 9.17) is 5.11 Å². The summed E-state index contributed by atoms with van der Waals surface area (Å²) < 4.78 is 0.346. The first-order valence-electron chi connectivity index (χ1n) is 5.46. The highest BCUT2D eigenvalue weighted by Crippen LogP contribution is 2.27. The normalized spacial score (nSPS) is 22.1. The van der Waals surface area contributed by atoms with Gasteiger partial charge in [-0.25, -0.2) is 0 Å². The second kappa shape index (κ2) is 5.45. The number of nitrogens with one attached hydrogen (secondary N) is 1. The number of anilines is 1.